The largest absolute Gasteiger partial charge is 0.497 e. The lowest BCUT2D eigenvalue weighted by molar-refractivity contribution is 0.414. The lowest BCUT2D eigenvalue weighted by Crippen LogP contribution is -2.37. The first-order chi connectivity index (χ1) is 13.8. The molecule has 152 valence electrons. The van der Waals surface area contributed by atoms with E-state index in [1.165, 1.54) is 19.3 Å². The summed E-state index contributed by atoms with van der Waals surface area (Å²) < 4.78 is 7.53. The van der Waals surface area contributed by atoms with Crippen molar-refractivity contribution in [2.75, 3.05) is 20.2 Å². The number of nitrogens with zero attached hydrogens (tertiary/aromatic N) is 4. The van der Waals surface area contributed by atoms with Gasteiger partial charge in [-0.05, 0) is 43.9 Å². The molecule has 0 atom stereocenters. The molecule has 0 fully saturated rings. The van der Waals surface area contributed by atoms with Gasteiger partial charge < -0.3 is 19.9 Å². The Labute approximate surface area is 167 Å². The maximum absolute atomic E-state index is 5.20. The molecule has 7 heteroatoms. The van der Waals surface area contributed by atoms with Crippen LogP contribution >= 0.6 is 0 Å². The Bertz CT molecular complexity index is 753. The fraction of sp³-hybridized carbons (Fsp3) is 0.571. The SMILES string of the molecule is CCNC(=NCc1ccc(OC)cc1)NCCCc1nnc2n1CCCCC2. The van der Waals surface area contributed by atoms with Crippen molar-refractivity contribution in [3.05, 3.63) is 41.5 Å². The van der Waals surface area contributed by atoms with Crippen LogP contribution in [0.4, 0.5) is 0 Å². The monoisotopic (exact) mass is 384 g/mol. The number of hydrogen-bond acceptors (Lipinski definition) is 4. The molecule has 0 radical (unpaired) electrons. The zero-order valence-corrected chi connectivity index (χ0v) is 17.1. The highest BCUT2D eigenvalue weighted by Crippen LogP contribution is 2.15. The minimum Gasteiger partial charge on any atom is -0.497 e. The smallest absolute Gasteiger partial charge is 0.191 e. The fourth-order valence-corrected chi connectivity index (χ4v) is 3.43. The molecule has 2 N–H and O–H groups in total. The second kappa shape index (κ2) is 10.7. The molecule has 2 heterocycles. The van der Waals surface area contributed by atoms with E-state index < -0.39 is 0 Å². The van der Waals surface area contributed by atoms with Crippen LogP contribution in [0, 0.1) is 0 Å². The van der Waals surface area contributed by atoms with E-state index in [1.807, 2.05) is 24.3 Å². The third-order valence-corrected chi connectivity index (χ3v) is 4.98. The quantitative estimate of drug-likeness (QED) is 0.416. The van der Waals surface area contributed by atoms with Crippen LogP contribution in [0.25, 0.3) is 0 Å². The van der Waals surface area contributed by atoms with Crippen molar-refractivity contribution >= 4 is 5.96 Å². The molecule has 7 nitrogen and oxygen atoms in total. The summed E-state index contributed by atoms with van der Waals surface area (Å²) in [5.41, 5.74) is 1.16. The van der Waals surface area contributed by atoms with Gasteiger partial charge in [-0.25, -0.2) is 4.99 Å². The van der Waals surface area contributed by atoms with Crippen LogP contribution in [-0.2, 0) is 25.9 Å². The van der Waals surface area contributed by atoms with Crippen LogP contribution in [0.5, 0.6) is 5.75 Å². The Morgan fingerprint density at radius 3 is 2.79 bits per heavy atom. The number of hydrogen-bond donors (Lipinski definition) is 2. The van der Waals surface area contributed by atoms with E-state index in [9.17, 15) is 0 Å². The summed E-state index contributed by atoms with van der Waals surface area (Å²) in [4.78, 5) is 4.68. The van der Waals surface area contributed by atoms with Crippen molar-refractivity contribution in [2.45, 2.75) is 58.5 Å². The third kappa shape index (κ3) is 5.71. The summed E-state index contributed by atoms with van der Waals surface area (Å²) >= 11 is 0. The molecule has 1 aromatic heterocycles. The predicted octanol–water partition coefficient (Wildman–Crippen LogP) is 2.70. The first-order valence-electron chi connectivity index (χ1n) is 10.4. The summed E-state index contributed by atoms with van der Waals surface area (Å²) in [7, 11) is 1.68. The second-order valence-corrected chi connectivity index (χ2v) is 7.07. The normalized spacial score (nSPS) is 14.3. The van der Waals surface area contributed by atoms with Crippen molar-refractivity contribution in [3.63, 3.8) is 0 Å². The zero-order chi connectivity index (χ0) is 19.6. The van der Waals surface area contributed by atoms with Gasteiger partial charge in [-0.3, -0.25) is 0 Å². The van der Waals surface area contributed by atoms with Gasteiger partial charge in [-0.1, -0.05) is 18.6 Å². The van der Waals surface area contributed by atoms with Crippen LogP contribution in [0.1, 0.15) is 49.8 Å². The number of ether oxygens (including phenoxy) is 1. The summed E-state index contributed by atoms with van der Waals surface area (Å²) in [5.74, 6) is 4.00. The van der Waals surface area contributed by atoms with Crippen molar-refractivity contribution in [2.24, 2.45) is 4.99 Å². The van der Waals surface area contributed by atoms with Gasteiger partial charge in [0.1, 0.15) is 17.4 Å². The van der Waals surface area contributed by atoms with E-state index >= 15 is 0 Å². The molecule has 1 aliphatic heterocycles. The first kappa shape index (κ1) is 20.2. The van der Waals surface area contributed by atoms with Crippen LogP contribution in [-0.4, -0.2) is 40.9 Å². The number of aromatic nitrogens is 3. The number of nitrogens with one attached hydrogen (secondary N) is 2. The molecule has 0 bridgehead atoms. The van der Waals surface area contributed by atoms with Crippen LogP contribution in [0.3, 0.4) is 0 Å². The lowest BCUT2D eigenvalue weighted by atomic mass is 10.2. The van der Waals surface area contributed by atoms with Gasteiger partial charge in [0.2, 0.25) is 0 Å². The lowest BCUT2D eigenvalue weighted by Gasteiger charge is -2.12. The van der Waals surface area contributed by atoms with Crippen molar-refractivity contribution in [1.29, 1.82) is 0 Å². The maximum atomic E-state index is 5.20. The standard InChI is InChI=1S/C21H32N6O/c1-3-22-21(24-16-17-10-12-18(28-2)13-11-17)23-14-7-9-20-26-25-19-8-5-4-6-15-27(19)20/h10-13H,3-9,14-16H2,1-2H3,(H2,22,23,24). The Hall–Kier alpha value is -2.57. The number of aryl methyl sites for hydroxylation is 2. The van der Waals surface area contributed by atoms with E-state index in [0.717, 1.165) is 67.8 Å². The number of rotatable bonds is 8. The molecule has 0 unspecified atom stereocenters. The van der Waals surface area contributed by atoms with E-state index in [2.05, 4.69) is 37.3 Å². The average Bonchev–Trinajstić information content (AvgIpc) is 2.95. The van der Waals surface area contributed by atoms with Crippen LogP contribution < -0.4 is 15.4 Å². The highest BCUT2D eigenvalue weighted by molar-refractivity contribution is 5.79. The number of benzene rings is 1. The number of aliphatic imine (C=N–C) groups is 1. The molecule has 0 saturated carbocycles. The Morgan fingerprint density at radius 2 is 2.00 bits per heavy atom. The van der Waals surface area contributed by atoms with E-state index in [0.29, 0.717) is 6.54 Å². The molecule has 1 aromatic carbocycles. The summed E-state index contributed by atoms with van der Waals surface area (Å²) in [6, 6.07) is 8.02. The molecule has 28 heavy (non-hydrogen) atoms. The molecule has 3 rings (SSSR count). The Kier molecular flexibility index (Phi) is 7.70. The predicted molar refractivity (Wildman–Crippen MR) is 112 cm³/mol. The molecule has 0 spiro atoms. The molecule has 2 aromatic rings. The van der Waals surface area contributed by atoms with Gasteiger partial charge in [-0.2, -0.15) is 0 Å². The van der Waals surface area contributed by atoms with E-state index in [1.54, 1.807) is 7.11 Å². The Morgan fingerprint density at radius 1 is 1.14 bits per heavy atom. The van der Waals surface area contributed by atoms with Gasteiger partial charge in [0.05, 0.1) is 13.7 Å². The van der Waals surface area contributed by atoms with Gasteiger partial charge >= 0.3 is 0 Å². The van der Waals surface area contributed by atoms with Crippen molar-refractivity contribution in [1.82, 2.24) is 25.4 Å². The summed E-state index contributed by atoms with van der Waals surface area (Å²) in [6.45, 7) is 5.48. The van der Waals surface area contributed by atoms with Gasteiger partial charge in [0.25, 0.3) is 0 Å². The minimum atomic E-state index is 0.636. The van der Waals surface area contributed by atoms with E-state index in [4.69, 9.17) is 4.74 Å². The average molecular weight is 385 g/mol. The Balaban J connectivity index is 1.47. The molecular formula is C21H32N6O. The van der Waals surface area contributed by atoms with Gasteiger partial charge in [-0.15, -0.1) is 10.2 Å². The highest BCUT2D eigenvalue weighted by Gasteiger charge is 2.14. The van der Waals surface area contributed by atoms with Crippen molar-refractivity contribution < 1.29 is 4.74 Å². The zero-order valence-electron chi connectivity index (χ0n) is 17.1. The fourth-order valence-electron chi connectivity index (χ4n) is 3.43. The molecule has 0 saturated heterocycles. The van der Waals surface area contributed by atoms with E-state index in [-0.39, 0.29) is 0 Å². The number of methoxy groups -OCH3 is 1. The first-order valence-corrected chi connectivity index (χ1v) is 10.4. The number of fused-ring (bicyclic) bond motifs is 1. The molecule has 1 aliphatic rings. The molecule has 0 aliphatic carbocycles. The van der Waals surface area contributed by atoms with Gasteiger partial charge in [0, 0.05) is 32.5 Å². The van der Waals surface area contributed by atoms with Gasteiger partial charge in [0.15, 0.2) is 5.96 Å². The summed E-state index contributed by atoms with van der Waals surface area (Å²) in [6.07, 6.45) is 6.77. The van der Waals surface area contributed by atoms with Crippen LogP contribution in [0.2, 0.25) is 0 Å². The minimum absolute atomic E-state index is 0.636. The topological polar surface area (TPSA) is 76.4 Å². The van der Waals surface area contributed by atoms with Crippen LogP contribution in [0.15, 0.2) is 29.3 Å². The van der Waals surface area contributed by atoms with Crippen molar-refractivity contribution in [3.8, 4) is 5.75 Å². The summed E-state index contributed by atoms with van der Waals surface area (Å²) in [5, 5.41) is 15.5. The number of guanidine groups is 1. The highest BCUT2D eigenvalue weighted by atomic mass is 16.5. The second-order valence-electron chi connectivity index (χ2n) is 7.07. The maximum Gasteiger partial charge on any atom is 0.191 e. The molecule has 0 amide bonds. The molecular weight excluding hydrogens is 352 g/mol. The third-order valence-electron chi connectivity index (χ3n) is 4.98.